The molecule has 1 atom stereocenters. The first-order chi connectivity index (χ1) is 10.3. The second-order valence-electron chi connectivity index (χ2n) is 4.46. The van der Waals surface area contributed by atoms with Crippen LogP contribution in [0.2, 0.25) is 0 Å². The van der Waals surface area contributed by atoms with Crippen molar-refractivity contribution in [1.29, 1.82) is 0 Å². The first-order valence-electron chi connectivity index (χ1n) is 6.32. The van der Waals surface area contributed by atoms with Gasteiger partial charge in [0, 0.05) is 17.9 Å². The molecule has 0 saturated carbocycles. The van der Waals surface area contributed by atoms with Gasteiger partial charge in [0.05, 0.1) is 6.42 Å². The number of rotatable bonds is 8. The Hall–Kier alpha value is -2.17. The Bertz CT molecular complexity index is 611. The van der Waals surface area contributed by atoms with E-state index in [9.17, 15) is 22.8 Å². The summed E-state index contributed by atoms with van der Waals surface area (Å²) in [5.74, 6) is -3.17. The van der Waals surface area contributed by atoms with E-state index in [2.05, 4.69) is 14.9 Å². The number of amides is 2. The van der Waals surface area contributed by atoms with Gasteiger partial charge in [0.2, 0.25) is 0 Å². The van der Waals surface area contributed by atoms with E-state index in [0.717, 1.165) is 0 Å². The predicted molar refractivity (Wildman–Crippen MR) is 70.4 cm³/mol. The van der Waals surface area contributed by atoms with Gasteiger partial charge in [-0.2, -0.15) is 8.42 Å². The number of hydrogen-bond donors (Lipinski definition) is 1. The first kappa shape index (κ1) is 17.9. The molecule has 0 bridgehead atoms. The van der Waals surface area contributed by atoms with Crippen molar-refractivity contribution in [2.24, 2.45) is 5.11 Å². The molecule has 0 aliphatic carbocycles. The number of unbranched alkanes of at least 4 members (excludes halogenated alkanes) is 2. The third-order valence-corrected chi connectivity index (χ3v) is 3.90. The molecular weight excluding hydrogens is 320 g/mol. The Labute approximate surface area is 125 Å². The van der Waals surface area contributed by atoms with Crippen LogP contribution < -0.4 is 0 Å². The summed E-state index contributed by atoms with van der Waals surface area (Å²) < 4.78 is 30.6. The summed E-state index contributed by atoms with van der Waals surface area (Å²) in [5, 5.41) is 1.45. The van der Waals surface area contributed by atoms with E-state index in [1.54, 1.807) is 0 Å². The minimum atomic E-state index is -4.73. The van der Waals surface area contributed by atoms with Gasteiger partial charge in [0.25, 0.3) is 21.9 Å². The standard InChI is InChI=1S/C10H14N4O7S/c11-13-12-5-3-1-2-4-9(16)21-14-8(15)6-7(10(14)17)22(18,19)20/h7H,1-6H2,(H,18,19,20). The Morgan fingerprint density at radius 2 is 2.09 bits per heavy atom. The van der Waals surface area contributed by atoms with Crippen molar-refractivity contribution in [2.45, 2.75) is 37.4 Å². The smallest absolute Gasteiger partial charge is 0.330 e. The molecule has 1 fully saturated rings. The molecule has 1 aliphatic rings. The van der Waals surface area contributed by atoms with Crippen molar-refractivity contribution in [3.05, 3.63) is 10.4 Å². The Kier molecular flexibility index (Phi) is 6.28. The lowest BCUT2D eigenvalue weighted by Gasteiger charge is -2.13. The average molecular weight is 334 g/mol. The fourth-order valence-electron chi connectivity index (χ4n) is 1.73. The van der Waals surface area contributed by atoms with Gasteiger partial charge in [-0.15, -0.1) is 5.06 Å². The van der Waals surface area contributed by atoms with E-state index < -0.39 is 39.6 Å². The minimum absolute atomic E-state index is 0.0702. The zero-order chi connectivity index (χ0) is 16.8. The largest absolute Gasteiger partial charge is 0.333 e. The molecule has 11 nitrogen and oxygen atoms in total. The summed E-state index contributed by atoms with van der Waals surface area (Å²) in [6, 6.07) is 0. The van der Waals surface area contributed by atoms with E-state index in [0.29, 0.717) is 25.8 Å². The van der Waals surface area contributed by atoms with E-state index in [1.807, 2.05) is 0 Å². The first-order valence-corrected chi connectivity index (χ1v) is 7.82. The summed E-state index contributed by atoms with van der Waals surface area (Å²) in [5.41, 5.74) is 8.05. The predicted octanol–water partition coefficient (Wildman–Crippen LogP) is 0.331. The molecule has 1 aliphatic heterocycles. The topological polar surface area (TPSA) is 167 Å². The average Bonchev–Trinajstić information content (AvgIpc) is 2.70. The zero-order valence-electron chi connectivity index (χ0n) is 11.4. The van der Waals surface area contributed by atoms with Gasteiger partial charge in [0.1, 0.15) is 0 Å². The molecule has 0 aromatic rings. The van der Waals surface area contributed by atoms with Crippen molar-refractivity contribution in [3.8, 4) is 0 Å². The summed E-state index contributed by atoms with van der Waals surface area (Å²) in [6.07, 6.45) is 0.673. The van der Waals surface area contributed by atoms with Crippen molar-refractivity contribution in [3.63, 3.8) is 0 Å². The quantitative estimate of drug-likeness (QED) is 0.167. The number of hydrogen-bond acceptors (Lipinski definition) is 7. The molecule has 122 valence electrons. The molecule has 2 amide bonds. The van der Waals surface area contributed by atoms with Crippen LogP contribution in [-0.2, 0) is 29.3 Å². The lowest BCUT2D eigenvalue weighted by atomic mass is 10.2. The number of carbonyl (C=O) groups excluding carboxylic acids is 3. The van der Waals surface area contributed by atoms with Gasteiger partial charge in [0.15, 0.2) is 5.25 Å². The normalized spacial score (nSPS) is 18.2. The molecule has 12 heteroatoms. The number of azide groups is 1. The van der Waals surface area contributed by atoms with E-state index >= 15 is 0 Å². The van der Waals surface area contributed by atoms with Crippen LogP contribution in [-0.4, -0.2) is 47.6 Å². The van der Waals surface area contributed by atoms with Crippen LogP contribution in [0.25, 0.3) is 10.4 Å². The monoisotopic (exact) mass is 334 g/mol. The zero-order valence-corrected chi connectivity index (χ0v) is 12.2. The Morgan fingerprint density at radius 3 is 2.64 bits per heavy atom. The van der Waals surface area contributed by atoms with E-state index in [-0.39, 0.29) is 11.5 Å². The molecule has 1 unspecified atom stereocenters. The second-order valence-corrected chi connectivity index (χ2v) is 6.06. The van der Waals surface area contributed by atoms with Gasteiger partial charge < -0.3 is 4.84 Å². The Morgan fingerprint density at radius 1 is 1.41 bits per heavy atom. The van der Waals surface area contributed by atoms with Gasteiger partial charge in [-0.3, -0.25) is 14.1 Å². The highest BCUT2D eigenvalue weighted by atomic mass is 32.2. The van der Waals surface area contributed by atoms with Gasteiger partial charge in [-0.1, -0.05) is 11.5 Å². The SMILES string of the molecule is [N-]=[N+]=NCCCCCC(=O)ON1C(=O)CC(S(=O)(=O)O)C1=O. The maximum atomic E-state index is 11.6. The molecular formula is C10H14N4O7S. The maximum Gasteiger partial charge on any atom is 0.333 e. The number of hydroxylamine groups is 2. The van der Waals surface area contributed by atoms with Crippen LogP contribution in [0.4, 0.5) is 0 Å². The molecule has 0 spiro atoms. The van der Waals surface area contributed by atoms with Crippen LogP contribution in [0.3, 0.4) is 0 Å². The molecule has 0 aromatic heterocycles. The van der Waals surface area contributed by atoms with Crippen LogP contribution in [0, 0.1) is 0 Å². The maximum absolute atomic E-state index is 11.6. The van der Waals surface area contributed by atoms with Crippen LogP contribution >= 0.6 is 0 Å². The Balaban J connectivity index is 2.43. The fourth-order valence-corrected chi connectivity index (χ4v) is 2.44. The van der Waals surface area contributed by atoms with Gasteiger partial charge >= 0.3 is 5.97 Å². The van der Waals surface area contributed by atoms with Crippen molar-refractivity contribution >= 4 is 27.9 Å². The summed E-state index contributed by atoms with van der Waals surface area (Å²) in [4.78, 5) is 41.6. The molecule has 0 aromatic carbocycles. The second kappa shape index (κ2) is 7.73. The molecule has 1 heterocycles. The van der Waals surface area contributed by atoms with Crippen molar-refractivity contribution in [2.75, 3.05) is 6.54 Å². The molecule has 22 heavy (non-hydrogen) atoms. The minimum Gasteiger partial charge on any atom is -0.330 e. The van der Waals surface area contributed by atoms with Crippen LogP contribution in [0.15, 0.2) is 5.11 Å². The molecule has 0 radical (unpaired) electrons. The van der Waals surface area contributed by atoms with Crippen LogP contribution in [0.1, 0.15) is 32.1 Å². The summed E-state index contributed by atoms with van der Waals surface area (Å²) in [7, 11) is -4.73. The molecule has 1 N–H and O–H groups in total. The highest BCUT2D eigenvalue weighted by molar-refractivity contribution is 7.87. The van der Waals surface area contributed by atoms with Gasteiger partial charge in [-0.25, -0.2) is 4.79 Å². The highest BCUT2D eigenvalue weighted by Crippen LogP contribution is 2.20. The van der Waals surface area contributed by atoms with Crippen LogP contribution in [0.5, 0.6) is 0 Å². The van der Waals surface area contributed by atoms with Crippen molar-refractivity contribution < 1.29 is 32.2 Å². The molecule has 1 rings (SSSR count). The van der Waals surface area contributed by atoms with Crippen molar-refractivity contribution in [1.82, 2.24) is 5.06 Å². The molecule has 1 saturated heterocycles. The highest BCUT2D eigenvalue weighted by Gasteiger charge is 2.48. The van der Waals surface area contributed by atoms with Gasteiger partial charge in [-0.05, 0) is 18.4 Å². The summed E-state index contributed by atoms with van der Waals surface area (Å²) >= 11 is 0. The fraction of sp³-hybridized carbons (Fsp3) is 0.700. The summed E-state index contributed by atoms with van der Waals surface area (Å²) in [6.45, 7) is 0.296. The number of nitrogens with zero attached hydrogens (tertiary/aromatic N) is 4. The lowest BCUT2D eigenvalue weighted by Crippen LogP contribution is -2.36. The van der Waals surface area contributed by atoms with E-state index in [1.165, 1.54) is 0 Å². The lowest BCUT2D eigenvalue weighted by molar-refractivity contribution is -0.197. The third kappa shape index (κ3) is 4.98. The third-order valence-electron chi connectivity index (χ3n) is 2.82. The van der Waals surface area contributed by atoms with E-state index in [4.69, 9.17) is 10.1 Å². The number of carbonyl (C=O) groups is 3. The number of imide groups is 1.